The second kappa shape index (κ2) is 7.80. The number of halogens is 2. The minimum absolute atomic E-state index is 0.0745. The molecule has 0 radical (unpaired) electrons. The third kappa shape index (κ3) is 4.57. The molecule has 0 saturated heterocycles. The lowest BCUT2D eigenvalue weighted by molar-refractivity contribution is -0.136. The van der Waals surface area contributed by atoms with Crippen LogP contribution in [0.1, 0.15) is 11.7 Å². The molecule has 1 heterocycles. The zero-order valence-electron chi connectivity index (χ0n) is 12.1. The summed E-state index contributed by atoms with van der Waals surface area (Å²) in [6, 6.07) is 4.41. The van der Waals surface area contributed by atoms with E-state index in [9.17, 15) is 18.4 Å². The molecule has 2 rings (SSSR count). The van der Waals surface area contributed by atoms with E-state index < -0.39 is 35.2 Å². The van der Waals surface area contributed by atoms with Crippen molar-refractivity contribution in [2.45, 2.75) is 6.10 Å². The molecule has 1 aromatic carbocycles. The van der Waals surface area contributed by atoms with E-state index in [-0.39, 0.29) is 6.54 Å². The summed E-state index contributed by atoms with van der Waals surface area (Å²) < 4.78 is 31.7. The molecule has 23 heavy (non-hydrogen) atoms. The second-order valence-corrected chi connectivity index (χ2v) is 5.35. The van der Waals surface area contributed by atoms with E-state index in [0.717, 1.165) is 23.8 Å². The minimum atomic E-state index is -1.09. The number of rotatable bonds is 5. The Kier molecular flexibility index (Phi) is 5.78. The molecule has 2 aromatic rings. The van der Waals surface area contributed by atoms with Crippen LogP contribution in [0.2, 0.25) is 0 Å². The van der Waals surface area contributed by atoms with Crippen LogP contribution < -0.4 is 10.6 Å². The van der Waals surface area contributed by atoms with E-state index in [1.54, 1.807) is 0 Å². The lowest BCUT2D eigenvalue weighted by Gasteiger charge is -2.14. The fourth-order valence-corrected chi connectivity index (χ4v) is 2.54. The second-order valence-electron chi connectivity index (χ2n) is 4.57. The average molecular weight is 340 g/mol. The van der Waals surface area contributed by atoms with Crippen molar-refractivity contribution in [1.29, 1.82) is 0 Å². The fraction of sp³-hybridized carbons (Fsp3) is 0.200. The van der Waals surface area contributed by atoms with E-state index >= 15 is 0 Å². The number of thiophene rings is 1. The highest BCUT2D eigenvalue weighted by Gasteiger charge is 2.18. The largest absolute Gasteiger partial charge is 0.375 e. The molecule has 0 bridgehead atoms. The van der Waals surface area contributed by atoms with Crippen LogP contribution in [-0.2, 0) is 14.3 Å². The van der Waals surface area contributed by atoms with Gasteiger partial charge in [0.05, 0.1) is 5.69 Å². The van der Waals surface area contributed by atoms with Crippen molar-refractivity contribution in [1.82, 2.24) is 5.32 Å². The van der Waals surface area contributed by atoms with Crippen LogP contribution in [0.4, 0.5) is 14.5 Å². The molecule has 1 aromatic heterocycles. The van der Waals surface area contributed by atoms with Gasteiger partial charge in [-0.15, -0.1) is 0 Å². The molecule has 122 valence electrons. The Labute approximate surface area is 135 Å². The summed E-state index contributed by atoms with van der Waals surface area (Å²) in [5.74, 6) is -3.61. The Morgan fingerprint density at radius 1 is 1.26 bits per heavy atom. The number of nitrogens with one attached hydrogen (secondary N) is 2. The first kappa shape index (κ1) is 17.0. The van der Waals surface area contributed by atoms with Crippen molar-refractivity contribution < 1.29 is 23.1 Å². The highest BCUT2D eigenvalue weighted by Crippen LogP contribution is 2.18. The number of benzene rings is 1. The molecule has 0 aliphatic rings. The first-order valence-corrected chi connectivity index (χ1v) is 7.54. The summed E-state index contributed by atoms with van der Waals surface area (Å²) in [6.07, 6.45) is -0.399. The van der Waals surface area contributed by atoms with Crippen LogP contribution in [-0.4, -0.2) is 25.5 Å². The first-order valence-electron chi connectivity index (χ1n) is 6.60. The van der Waals surface area contributed by atoms with Gasteiger partial charge in [-0.1, -0.05) is 0 Å². The van der Waals surface area contributed by atoms with Gasteiger partial charge >= 0.3 is 11.8 Å². The predicted octanol–water partition coefficient (Wildman–Crippen LogP) is 2.47. The third-order valence-electron chi connectivity index (χ3n) is 3.03. The maximum absolute atomic E-state index is 13.4. The van der Waals surface area contributed by atoms with E-state index in [1.807, 2.05) is 22.1 Å². The van der Waals surface area contributed by atoms with Crippen LogP contribution in [0, 0.1) is 11.6 Å². The van der Waals surface area contributed by atoms with Gasteiger partial charge in [0.2, 0.25) is 0 Å². The summed E-state index contributed by atoms with van der Waals surface area (Å²) in [4.78, 5) is 23.5. The number of hydrogen-bond donors (Lipinski definition) is 2. The number of anilines is 1. The van der Waals surface area contributed by atoms with Gasteiger partial charge in [-0.25, -0.2) is 8.78 Å². The van der Waals surface area contributed by atoms with Gasteiger partial charge in [-0.05, 0) is 34.5 Å². The van der Waals surface area contributed by atoms with Crippen LogP contribution in [0.15, 0.2) is 35.0 Å². The van der Waals surface area contributed by atoms with Gasteiger partial charge in [0.15, 0.2) is 0 Å². The molecule has 1 unspecified atom stereocenters. The maximum Gasteiger partial charge on any atom is 0.313 e. The summed E-state index contributed by atoms with van der Waals surface area (Å²) in [6.45, 7) is 0.0745. The van der Waals surface area contributed by atoms with Crippen LogP contribution in [0.25, 0.3) is 0 Å². The lowest BCUT2D eigenvalue weighted by atomic mass is 10.2. The van der Waals surface area contributed by atoms with E-state index in [1.165, 1.54) is 18.4 Å². The van der Waals surface area contributed by atoms with Gasteiger partial charge in [-0.2, -0.15) is 11.3 Å². The maximum atomic E-state index is 13.4. The van der Waals surface area contributed by atoms with E-state index in [0.29, 0.717) is 0 Å². The Balaban J connectivity index is 1.92. The monoisotopic (exact) mass is 340 g/mol. The van der Waals surface area contributed by atoms with Gasteiger partial charge in [0.1, 0.15) is 17.7 Å². The molecule has 0 aliphatic heterocycles. The Morgan fingerprint density at radius 3 is 2.70 bits per heavy atom. The quantitative estimate of drug-likeness (QED) is 0.822. The summed E-state index contributed by atoms with van der Waals surface area (Å²) >= 11 is 1.48. The number of ether oxygens (including phenoxy) is 1. The average Bonchev–Trinajstić information content (AvgIpc) is 3.05. The van der Waals surface area contributed by atoms with Crippen LogP contribution >= 0.6 is 11.3 Å². The first-order chi connectivity index (χ1) is 11.0. The Morgan fingerprint density at radius 2 is 2.04 bits per heavy atom. The standard InChI is InChI=1S/C15H14F2N2O3S/c1-22-13(9-4-5-23-8-9)7-18-14(20)15(21)19-12-6-10(16)2-3-11(12)17/h2-6,8,13H,7H2,1H3,(H,18,20)(H,19,21). The van der Waals surface area contributed by atoms with Crippen LogP contribution in [0.3, 0.4) is 0 Å². The van der Waals surface area contributed by atoms with Crippen molar-refractivity contribution in [2.75, 3.05) is 19.0 Å². The molecule has 0 fully saturated rings. The molecule has 2 amide bonds. The minimum Gasteiger partial charge on any atom is -0.375 e. The Hall–Kier alpha value is -2.32. The Bertz CT molecular complexity index is 692. The molecule has 0 spiro atoms. The van der Waals surface area contributed by atoms with Crippen molar-refractivity contribution >= 4 is 28.8 Å². The van der Waals surface area contributed by atoms with Crippen molar-refractivity contribution in [3.63, 3.8) is 0 Å². The normalized spacial score (nSPS) is 11.8. The summed E-state index contributed by atoms with van der Waals surface area (Å²) in [5.41, 5.74) is 0.473. The van der Waals surface area contributed by atoms with E-state index in [2.05, 4.69) is 5.32 Å². The number of carbonyl (C=O) groups excluding carboxylic acids is 2. The number of methoxy groups -OCH3 is 1. The lowest BCUT2D eigenvalue weighted by Crippen LogP contribution is -2.38. The van der Waals surface area contributed by atoms with Gasteiger partial charge in [-0.3, -0.25) is 9.59 Å². The summed E-state index contributed by atoms with van der Waals surface area (Å²) in [5, 5.41) is 8.14. The predicted molar refractivity (Wildman–Crippen MR) is 82.1 cm³/mol. The molecule has 0 saturated carbocycles. The van der Waals surface area contributed by atoms with Gasteiger partial charge in [0.25, 0.3) is 0 Å². The van der Waals surface area contributed by atoms with Crippen molar-refractivity contribution in [3.8, 4) is 0 Å². The molecule has 2 N–H and O–H groups in total. The molecule has 8 heteroatoms. The molecule has 1 atom stereocenters. The zero-order valence-corrected chi connectivity index (χ0v) is 13.0. The topological polar surface area (TPSA) is 67.4 Å². The number of amides is 2. The fourth-order valence-electron chi connectivity index (χ4n) is 1.83. The van der Waals surface area contributed by atoms with Gasteiger partial charge < -0.3 is 15.4 Å². The highest BCUT2D eigenvalue weighted by molar-refractivity contribution is 7.07. The third-order valence-corrected chi connectivity index (χ3v) is 3.73. The van der Waals surface area contributed by atoms with E-state index in [4.69, 9.17) is 4.74 Å². The summed E-state index contributed by atoms with van der Waals surface area (Å²) in [7, 11) is 1.48. The highest BCUT2D eigenvalue weighted by atomic mass is 32.1. The van der Waals surface area contributed by atoms with Crippen molar-refractivity contribution in [3.05, 3.63) is 52.2 Å². The van der Waals surface area contributed by atoms with Gasteiger partial charge in [0, 0.05) is 19.7 Å². The SMILES string of the molecule is COC(CNC(=O)C(=O)Nc1cc(F)ccc1F)c1ccsc1. The molecular weight excluding hydrogens is 326 g/mol. The number of hydrogen-bond acceptors (Lipinski definition) is 4. The zero-order chi connectivity index (χ0) is 16.8. The molecule has 0 aliphatic carbocycles. The number of carbonyl (C=O) groups is 2. The smallest absolute Gasteiger partial charge is 0.313 e. The van der Waals surface area contributed by atoms with Crippen molar-refractivity contribution in [2.24, 2.45) is 0 Å². The van der Waals surface area contributed by atoms with Crippen LogP contribution in [0.5, 0.6) is 0 Å². The molecule has 5 nitrogen and oxygen atoms in total. The molecular formula is C15H14F2N2O3S.